The zero-order chi connectivity index (χ0) is 14.8. The second kappa shape index (κ2) is 5.41. The second-order valence-electron chi connectivity index (χ2n) is 4.59. The van der Waals surface area contributed by atoms with Gasteiger partial charge in [-0.3, -0.25) is 15.4 Å². The maximum absolute atomic E-state index is 13.1. The third-order valence-electron chi connectivity index (χ3n) is 3.30. The van der Waals surface area contributed by atoms with Crippen LogP contribution in [0.3, 0.4) is 0 Å². The molecule has 0 radical (unpaired) electrons. The van der Waals surface area contributed by atoms with Crippen molar-refractivity contribution in [3.05, 3.63) is 29.8 Å². The van der Waals surface area contributed by atoms with Crippen LogP contribution in [0.1, 0.15) is 16.8 Å². The molecule has 1 saturated heterocycles. The summed E-state index contributed by atoms with van der Waals surface area (Å²) in [6, 6.07) is 6.01. The summed E-state index contributed by atoms with van der Waals surface area (Å²) in [4.78, 5) is 12.0. The lowest BCUT2D eigenvalue weighted by Gasteiger charge is -2.31. The van der Waals surface area contributed by atoms with Crippen LogP contribution in [-0.4, -0.2) is 37.8 Å². The van der Waals surface area contributed by atoms with Crippen LogP contribution in [0.15, 0.2) is 24.3 Å². The van der Waals surface area contributed by atoms with E-state index in [4.69, 9.17) is 4.74 Å². The van der Waals surface area contributed by atoms with Crippen molar-refractivity contribution in [1.29, 1.82) is 0 Å². The average Bonchev–Trinajstić information content (AvgIpc) is 2.88. The first-order valence-electron chi connectivity index (χ1n) is 6.12. The molecule has 1 heterocycles. The summed E-state index contributed by atoms with van der Waals surface area (Å²) < 4.78 is 44.3. The molecule has 2 rings (SSSR count). The summed E-state index contributed by atoms with van der Waals surface area (Å²) >= 11 is 0. The molecule has 1 aliphatic heterocycles. The summed E-state index contributed by atoms with van der Waals surface area (Å²) in [6.45, 7) is 0.352. The Morgan fingerprint density at radius 3 is 2.25 bits per heavy atom. The van der Waals surface area contributed by atoms with Crippen molar-refractivity contribution >= 4 is 5.78 Å². The normalized spacial score (nSPS) is 18.0. The summed E-state index contributed by atoms with van der Waals surface area (Å²) in [5.41, 5.74) is -2.10. The van der Waals surface area contributed by atoms with E-state index in [-0.39, 0.29) is 18.7 Å². The number of hydrogen-bond donors (Lipinski definition) is 2. The van der Waals surface area contributed by atoms with Gasteiger partial charge in [0.25, 0.3) is 0 Å². The number of rotatable bonds is 4. The van der Waals surface area contributed by atoms with E-state index in [1.54, 1.807) is 12.1 Å². The Bertz CT molecular complexity index is 479. The minimum Gasteiger partial charge on any atom is -0.497 e. The molecule has 1 aliphatic rings. The molecule has 1 aromatic rings. The molecule has 0 amide bonds. The maximum atomic E-state index is 13.1. The van der Waals surface area contributed by atoms with E-state index in [2.05, 4.69) is 10.6 Å². The van der Waals surface area contributed by atoms with Crippen molar-refractivity contribution in [3.8, 4) is 5.75 Å². The number of carbonyl (C=O) groups is 1. The van der Waals surface area contributed by atoms with E-state index in [9.17, 15) is 18.0 Å². The van der Waals surface area contributed by atoms with E-state index < -0.39 is 24.0 Å². The van der Waals surface area contributed by atoms with E-state index >= 15 is 0 Å². The molecule has 1 aromatic carbocycles. The molecule has 1 fully saturated rings. The molecule has 2 N–H and O–H groups in total. The standard InChI is InChI=1S/C13H15F3N2O2/c1-20-10-4-2-9(3-5-10)11(19)8-12(13(14,15)16)17-6-7-18-12/h2-5,17-18H,6-8H2,1H3. The summed E-state index contributed by atoms with van der Waals surface area (Å²) in [5, 5.41) is 4.70. The van der Waals surface area contributed by atoms with Crippen LogP contribution in [0.2, 0.25) is 0 Å². The fourth-order valence-electron chi connectivity index (χ4n) is 2.16. The summed E-state index contributed by atoms with van der Waals surface area (Å²) in [6.07, 6.45) is -5.21. The van der Waals surface area contributed by atoms with Crippen molar-refractivity contribution in [3.63, 3.8) is 0 Å². The lowest BCUT2D eigenvalue weighted by atomic mass is 9.98. The van der Waals surface area contributed by atoms with Crippen LogP contribution < -0.4 is 15.4 Å². The highest BCUT2D eigenvalue weighted by atomic mass is 19.4. The third-order valence-corrected chi connectivity index (χ3v) is 3.30. The Kier molecular flexibility index (Phi) is 4.01. The SMILES string of the molecule is COc1ccc(C(=O)CC2(C(F)(F)F)NCCN2)cc1. The lowest BCUT2D eigenvalue weighted by Crippen LogP contribution is -2.61. The Morgan fingerprint density at radius 2 is 1.80 bits per heavy atom. The van der Waals surface area contributed by atoms with E-state index in [0.29, 0.717) is 5.75 Å². The van der Waals surface area contributed by atoms with Crippen LogP contribution in [-0.2, 0) is 0 Å². The predicted octanol–water partition coefficient (Wildman–Crippen LogP) is 1.72. The number of methoxy groups -OCH3 is 1. The molecular weight excluding hydrogens is 273 g/mol. The predicted molar refractivity (Wildman–Crippen MR) is 66.7 cm³/mol. The van der Waals surface area contributed by atoms with Gasteiger partial charge in [0.15, 0.2) is 11.4 Å². The fourth-order valence-corrected chi connectivity index (χ4v) is 2.16. The number of nitrogens with one attached hydrogen (secondary N) is 2. The molecule has 0 atom stereocenters. The highest BCUT2D eigenvalue weighted by Gasteiger charge is 2.57. The van der Waals surface area contributed by atoms with Gasteiger partial charge >= 0.3 is 6.18 Å². The largest absolute Gasteiger partial charge is 0.497 e. The van der Waals surface area contributed by atoms with Crippen molar-refractivity contribution < 1.29 is 22.7 Å². The number of ether oxygens (including phenoxy) is 1. The van der Waals surface area contributed by atoms with Crippen LogP contribution in [0.5, 0.6) is 5.75 Å². The molecule has 0 unspecified atom stereocenters. The molecule has 0 aliphatic carbocycles. The fraction of sp³-hybridized carbons (Fsp3) is 0.462. The Labute approximate surface area is 114 Å². The first-order valence-corrected chi connectivity index (χ1v) is 6.12. The Balaban J connectivity index is 2.16. The van der Waals surface area contributed by atoms with E-state index in [1.165, 1.54) is 19.2 Å². The number of carbonyl (C=O) groups excluding carboxylic acids is 1. The van der Waals surface area contributed by atoms with E-state index in [0.717, 1.165) is 0 Å². The third kappa shape index (κ3) is 2.78. The topological polar surface area (TPSA) is 50.4 Å². The number of hydrogen-bond acceptors (Lipinski definition) is 4. The molecular formula is C13H15F3N2O2. The van der Waals surface area contributed by atoms with Gasteiger partial charge in [0.05, 0.1) is 13.5 Å². The zero-order valence-corrected chi connectivity index (χ0v) is 10.9. The van der Waals surface area contributed by atoms with Crippen molar-refractivity contribution in [1.82, 2.24) is 10.6 Å². The zero-order valence-electron chi connectivity index (χ0n) is 10.9. The highest BCUT2D eigenvalue weighted by molar-refractivity contribution is 5.97. The Hall–Kier alpha value is -1.60. The van der Waals surface area contributed by atoms with Gasteiger partial charge in [0, 0.05) is 18.7 Å². The highest BCUT2D eigenvalue weighted by Crippen LogP contribution is 2.33. The van der Waals surface area contributed by atoms with Crippen molar-refractivity contribution in [2.24, 2.45) is 0 Å². The molecule has 0 saturated carbocycles. The van der Waals surface area contributed by atoms with Crippen molar-refractivity contribution in [2.75, 3.05) is 20.2 Å². The molecule has 0 bridgehead atoms. The van der Waals surface area contributed by atoms with Crippen LogP contribution in [0.4, 0.5) is 13.2 Å². The smallest absolute Gasteiger partial charge is 0.420 e. The molecule has 4 nitrogen and oxygen atoms in total. The minimum absolute atomic E-state index is 0.176. The lowest BCUT2D eigenvalue weighted by molar-refractivity contribution is -0.198. The number of ketones is 1. The number of alkyl halides is 3. The minimum atomic E-state index is -4.54. The van der Waals surface area contributed by atoms with Gasteiger partial charge in [-0.25, -0.2) is 0 Å². The summed E-state index contributed by atoms with van der Waals surface area (Å²) in [5.74, 6) is -0.0314. The summed E-state index contributed by atoms with van der Waals surface area (Å²) in [7, 11) is 1.47. The van der Waals surface area contributed by atoms with E-state index in [1.807, 2.05) is 0 Å². The molecule has 20 heavy (non-hydrogen) atoms. The quantitative estimate of drug-likeness (QED) is 0.828. The monoisotopic (exact) mass is 288 g/mol. The molecule has 7 heteroatoms. The van der Waals surface area contributed by atoms with Gasteiger partial charge < -0.3 is 4.74 Å². The molecule has 0 aromatic heterocycles. The molecule has 110 valence electrons. The van der Waals surface area contributed by atoms with Crippen LogP contribution >= 0.6 is 0 Å². The van der Waals surface area contributed by atoms with Crippen molar-refractivity contribution in [2.45, 2.75) is 18.3 Å². The Morgan fingerprint density at radius 1 is 1.25 bits per heavy atom. The number of halogens is 3. The van der Waals surface area contributed by atoms with Gasteiger partial charge in [-0.2, -0.15) is 13.2 Å². The first kappa shape index (κ1) is 14.8. The number of benzene rings is 1. The second-order valence-corrected chi connectivity index (χ2v) is 4.59. The van der Waals surface area contributed by atoms with Crippen LogP contribution in [0.25, 0.3) is 0 Å². The van der Waals surface area contributed by atoms with Gasteiger partial charge in [-0.15, -0.1) is 0 Å². The average molecular weight is 288 g/mol. The van der Waals surface area contributed by atoms with Gasteiger partial charge in [0.2, 0.25) is 0 Å². The van der Waals surface area contributed by atoms with Crippen LogP contribution in [0, 0.1) is 0 Å². The maximum Gasteiger partial charge on any atom is 0.420 e. The van der Waals surface area contributed by atoms with Gasteiger partial charge in [0.1, 0.15) is 5.75 Å². The van der Waals surface area contributed by atoms with Gasteiger partial charge in [-0.1, -0.05) is 0 Å². The number of Topliss-reactive ketones (excluding diaryl/α,β-unsaturated/α-hetero) is 1. The van der Waals surface area contributed by atoms with Gasteiger partial charge in [-0.05, 0) is 24.3 Å². The molecule has 0 spiro atoms. The first-order chi connectivity index (χ1) is 9.38.